The average Bonchev–Trinajstić information content (AvgIpc) is 2.86. The molecule has 0 aliphatic heterocycles. The van der Waals surface area contributed by atoms with E-state index in [9.17, 15) is 4.79 Å². The lowest BCUT2D eigenvalue weighted by molar-refractivity contribution is 0.0531. The predicted molar refractivity (Wildman–Crippen MR) is 93.2 cm³/mol. The van der Waals surface area contributed by atoms with Crippen LogP contribution in [0.25, 0.3) is 11.3 Å². The van der Waals surface area contributed by atoms with Gasteiger partial charge in [-0.3, -0.25) is 0 Å². The number of rotatable bonds is 3. The number of aryl methyl sites for hydroxylation is 1. The van der Waals surface area contributed by atoms with Crippen LogP contribution in [0.3, 0.4) is 0 Å². The SMILES string of the molecule is CCOC(=O)c1sc(SC)c2c1CCc1cnc(I)nc1-2. The van der Waals surface area contributed by atoms with Crippen molar-refractivity contribution in [2.24, 2.45) is 0 Å². The molecule has 0 atom stereocenters. The van der Waals surface area contributed by atoms with Crippen LogP contribution >= 0.6 is 45.7 Å². The lowest BCUT2D eigenvalue weighted by Crippen LogP contribution is -2.11. The molecular weight excluding hydrogens is 419 g/mol. The molecule has 2 aromatic heterocycles. The fraction of sp³-hybridized carbons (Fsp3) is 0.357. The first-order chi connectivity index (χ1) is 10.2. The fourth-order valence-electron chi connectivity index (χ4n) is 2.47. The first-order valence-electron chi connectivity index (χ1n) is 6.54. The number of halogens is 1. The van der Waals surface area contributed by atoms with Crippen molar-refractivity contribution in [3.05, 3.63) is 26.0 Å². The summed E-state index contributed by atoms with van der Waals surface area (Å²) in [5.74, 6) is -0.216. The highest BCUT2D eigenvalue weighted by atomic mass is 127. The van der Waals surface area contributed by atoms with Crippen LogP contribution in [0.2, 0.25) is 0 Å². The van der Waals surface area contributed by atoms with Crippen molar-refractivity contribution in [2.75, 3.05) is 12.9 Å². The minimum Gasteiger partial charge on any atom is -0.462 e. The Bertz CT molecular complexity index is 715. The summed E-state index contributed by atoms with van der Waals surface area (Å²) in [5, 5.41) is 0. The Morgan fingerprint density at radius 1 is 1.52 bits per heavy atom. The van der Waals surface area contributed by atoms with Crippen LogP contribution < -0.4 is 0 Å². The maximum atomic E-state index is 12.2. The summed E-state index contributed by atoms with van der Waals surface area (Å²) in [4.78, 5) is 21.8. The van der Waals surface area contributed by atoms with Crippen molar-refractivity contribution in [1.29, 1.82) is 0 Å². The summed E-state index contributed by atoms with van der Waals surface area (Å²) in [7, 11) is 0. The predicted octanol–water partition coefficient (Wildman–Crippen LogP) is 3.81. The summed E-state index contributed by atoms with van der Waals surface area (Å²) < 4.78 is 7.05. The molecule has 0 saturated heterocycles. The van der Waals surface area contributed by atoms with Crippen molar-refractivity contribution >= 4 is 51.7 Å². The van der Waals surface area contributed by atoms with E-state index in [-0.39, 0.29) is 5.97 Å². The molecule has 0 unspecified atom stereocenters. The van der Waals surface area contributed by atoms with Gasteiger partial charge in [-0.1, -0.05) is 0 Å². The van der Waals surface area contributed by atoms with Gasteiger partial charge in [0.15, 0.2) is 3.83 Å². The minimum atomic E-state index is -0.216. The number of fused-ring (bicyclic) bond motifs is 3. The normalized spacial score (nSPS) is 12.7. The quantitative estimate of drug-likeness (QED) is 0.320. The molecule has 2 aromatic rings. The summed E-state index contributed by atoms with van der Waals surface area (Å²) >= 11 is 5.30. The van der Waals surface area contributed by atoms with Gasteiger partial charge < -0.3 is 4.74 Å². The number of hydrogen-bond donors (Lipinski definition) is 0. The molecule has 110 valence electrons. The largest absolute Gasteiger partial charge is 0.462 e. The molecule has 4 nitrogen and oxygen atoms in total. The van der Waals surface area contributed by atoms with Gasteiger partial charge in [-0.2, -0.15) is 0 Å². The molecule has 7 heteroatoms. The van der Waals surface area contributed by atoms with Gasteiger partial charge in [0.05, 0.1) is 16.5 Å². The molecular formula is C14H13IN2O2S2. The van der Waals surface area contributed by atoms with E-state index in [1.54, 1.807) is 11.8 Å². The Hall–Kier alpha value is -0.670. The molecule has 0 aromatic carbocycles. The van der Waals surface area contributed by atoms with Crippen LogP contribution in [-0.2, 0) is 17.6 Å². The zero-order valence-electron chi connectivity index (χ0n) is 11.6. The second kappa shape index (κ2) is 6.21. The van der Waals surface area contributed by atoms with Crippen LogP contribution in [0.1, 0.15) is 27.7 Å². The second-order valence-corrected chi connectivity index (χ2v) is 7.57. The van der Waals surface area contributed by atoms with Crippen molar-refractivity contribution in [2.45, 2.75) is 24.0 Å². The van der Waals surface area contributed by atoms with E-state index in [0.717, 1.165) is 48.1 Å². The number of thiophene rings is 1. The van der Waals surface area contributed by atoms with Crippen molar-refractivity contribution in [1.82, 2.24) is 9.97 Å². The molecule has 2 heterocycles. The van der Waals surface area contributed by atoms with Crippen LogP contribution in [-0.4, -0.2) is 28.8 Å². The monoisotopic (exact) mass is 432 g/mol. The second-order valence-electron chi connectivity index (χ2n) is 4.51. The zero-order valence-corrected chi connectivity index (χ0v) is 15.4. The van der Waals surface area contributed by atoms with E-state index in [2.05, 4.69) is 32.6 Å². The molecule has 3 rings (SSSR count). The van der Waals surface area contributed by atoms with E-state index >= 15 is 0 Å². The molecule has 0 amide bonds. The van der Waals surface area contributed by atoms with Gasteiger partial charge in [0.25, 0.3) is 0 Å². The molecule has 0 bridgehead atoms. The molecule has 21 heavy (non-hydrogen) atoms. The third-order valence-corrected chi connectivity index (χ3v) is 6.19. The van der Waals surface area contributed by atoms with Gasteiger partial charge in [-0.05, 0) is 37.1 Å². The van der Waals surface area contributed by atoms with Crippen LogP contribution in [0.5, 0.6) is 0 Å². The van der Waals surface area contributed by atoms with Gasteiger partial charge >= 0.3 is 5.97 Å². The molecule has 1 aliphatic carbocycles. The van der Waals surface area contributed by atoms with Crippen molar-refractivity contribution in [3.8, 4) is 11.3 Å². The highest BCUT2D eigenvalue weighted by molar-refractivity contribution is 14.1. The maximum Gasteiger partial charge on any atom is 0.348 e. The number of nitrogens with zero attached hydrogens (tertiary/aromatic N) is 2. The van der Waals surface area contributed by atoms with Gasteiger partial charge in [-0.25, -0.2) is 14.8 Å². The Morgan fingerprint density at radius 2 is 2.33 bits per heavy atom. The molecule has 0 spiro atoms. The van der Waals surface area contributed by atoms with E-state index in [1.165, 1.54) is 11.3 Å². The van der Waals surface area contributed by atoms with E-state index in [4.69, 9.17) is 4.74 Å². The van der Waals surface area contributed by atoms with Gasteiger partial charge in [0.2, 0.25) is 0 Å². The van der Waals surface area contributed by atoms with Crippen LogP contribution in [0.15, 0.2) is 10.4 Å². The summed E-state index contributed by atoms with van der Waals surface area (Å²) in [6, 6.07) is 0. The lowest BCUT2D eigenvalue weighted by Gasteiger charge is -2.17. The Labute approximate surface area is 144 Å². The molecule has 0 radical (unpaired) electrons. The first-order valence-corrected chi connectivity index (χ1v) is 9.66. The highest BCUT2D eigenvalue weighted by Gasteiger charge is 2.29. The number of hydrogen-bond acceptors (Lipinski definition) is 6. The Kier molecular flexibility index (Phi) is 4.51. The topological polar surface area (TPSA) is 52.1 Å². The molecule has 1 aliphatic rings. The van der Waals surface area contributed by atoms with Crippen LogP contribution in [0, 0.1) is 3.83 Å². The summed E-state index contributed by atoms with van der Waals surface area (Å²) in [6.45, 7) is 2.23. The zero-order chi connectivity index (χ0) is 15.0. The fourth-order valence-corrected chi connectivity index (χ4v) is 4.83. The Morgan fingerprint density at radius 3 is 3.05 bits per heavy atom. The van der Waals surface area contributed by atoms with E-state index in [1.807, 2.05) is 19.4 Å². The van der Waals surface area contributed by atoms with Gasteiger partial charge in [-0.15, -0.1) is 23.1 Å². The number of carbonyl (C=O) groups is 1. The first kappa shape index (κ1) is 15.2. The highest BCUT2D eigenvalue weighted by Crippen LogP contribution is 2.45. The third-order valence-electron chi connectivity index (χ3n) is 3.34. The molecule has 0 N–H and O–H groups in total. The van der Waals surface area contributed by atoms with Gasteiger partial charge in [0.1, 0.15) is 4.88 Å². The Balaban J connectivity index is 2.19. The van der Waals surface area contributed by atoms with E-state index in [0.29, 0.717) is 6.61 Å². The summed E-state index contributed by atoms with van der Waals surface area (Å²) in [5.41, 5.74) is 4.33. The van der Waals surface area contributed by atoms with Crippen molar-refractivity contribution < 1.29 is 9.53 Å². The van der Waals surface area contributed by atoms with Gasteiger partial charge in [0, 0.05) is 34.4 Å². The molecule has 0 saturated carbocycles. The number of aromatic nitrogens is 2. The number of thioether (sulfide) groups is 1. The minimum absolute atomic E-state index is 0.216. The van der Waals surface area contributed by atoms with E-state index < -0.39 is 0 Å². The maximum absolute atomic E-state index is 12.2. The van der Waals surface area contributed by atoms with Crippen molar-refractivity contribution in [3.63, 3.8) is 0 Å². The summed E-state index contributed by atoms with van der Waals surface area (Å²) in [6.07, 6.45) is 5.65. The molecule has 0 fully saturated rings. The van der Waals surface area contributed by atoms with Crippen LogP contribution in [0.4, 0.5) is 0 Å². The number of ether oxygens (including phenoxy) is 1. The smallest absolute Gasteiger partial charge is 0.348 e. The number of carbonyl (C=O) groups excluding carboxylic acids is 1. The average molecular weight is 432 g/mol. The lowest BCUT2D eigenvalue weighted by atomic mass is 9.91. The third kappa shape index (κ3) is 2.70. The number of esters is 1. The standard InChI is InChI=1S/C14H13IN2O2S2/c1-3-19-12(18)11-8-5-4-7-6-16-14(15)17-10(7)9(8)13(20-2)21-11/h6H,3-5H2,1-2H3.